The summed E-state index contributed by atoms with van der Waals surface area (Å²) < 4.78 is 23.0. The highest BCUT2D eigenvalue weighted by Crippen LogP contribution is 2.43. The summed E-state index contributed by atoms with van der Waals surface area (Å²) in [5.41, 5.74) is 5.68. The fraction of sp³-hybridized carbons (Fsp3) is 0.407. The van der Waals surface area contributed by atoms with Gasteiger partial charge in [-0.2, -0.15) is 0 Å². The summed E-state index contributed by atoms with van der Waals surface area (Å²) >= 11 is 0. The van der Waals surface area contributed by atoms with E-state index < -0.39 is 6.67 Å². The van der Waals surface area contributed by atoms with Crippen molar-refractivity contribution in [2.45, 2.75) is 37.8 Å². The smallest absolute Gasteiger partial charge is 0.254 e. The number of alkyl halides is 1. The maximum Gasteiger partial charge on any atom is 0.254 e. The molecule has 1 fully saturated rings. The van der Waals surface area contributed by atoms with E-state index in [0.717, 1.165) is 53.9 Å². The number of hydrogen-bond acceptors (Lipinski definition) is 3. The van der Waals surface area contributed by atoms with Gasteiger partial charge in [-0.3, -0.25) is 9.18 Å². The lowest BCUT2D eigenvalue weighted by atomic mass is 9.98. The highest BCUT2D eigenvalue weighted by molar-refractivity contribution is 6.00. The second-order valence-corrected chi connectivity index (χ2v) is 9.64. The van der Waals surface area contributed by atoms with Gasteiger partial charge >= 0.3 is 0 Å². The molecule has 7 heteroatoms. The largest absolute Gasteiger partial charge is 0.376 e. The molecule has 0 atom stereocenters. The van der Waals surface area contributed by atoms with Crippen LogP contribution in [-0.2, 0) is 24.8 Å². The number of benzene rings is 2. The van der Waals surface area contributed by atoms with E-state index in [-0.39, 0.29) is 11.5 Å². The second-order valence-electron chi connectivity index (χ2n) is 9.64. The van der Waals surface area contributed by atoms with E-state index in [1.807, 2.05) is 13.1 Å². The molecule has 4 aromatic rings. The van der Waals surface area contributed by atoms with Gasteiger partial charge in [0.25, 0.3) is 5.91 Å². The predicted molar refractivity (Wildman–Crippen MR) is 131 cm³/mol. The highest BCUT2D eigenvalue weighted by Gasteiger charge is 2.44. The normalized spacial score (nSPS) is 17.0. The van der Waals surface area contributed by atoms with Crippen molar-refractivity contribution in [3.8, 4) is 11.5 Å². The first kappa shape index (κ1) is 21.4. The van der Waals surface area contributed by atoms with Crippen LogP contribution in [0.5, 0.6) is 0 Å². The lowest BCUT2D eigenvalue weighted by Crippen LogP contribution is -2.38. The van der Waals surface area contributed by atoms with Crippen molar-refractivity contribution in [3.63, 3.8) is 0 Å². The Morgan fingerprint density at radius 1 is 1.15 bits per heavy atom. The number of nitrogens with zero attached hydrogens (tertiary/aromatic N) is 4. The third-order valence-electron chi connectivity index (χ3n) is 7.56. The summed E-state index contributed by atoms with van der Waals surface area (Å²) in [6, 6.07) is 14.6. The number of aromatic nitrogens is 3. The number of amides is 1. The number of hydrogen-bond donors (Lipinski definition) is 0. The topological polar surface area (TPSA) is 52.3 Å². The molecular formula is C27H29FN4O2. The van der Waals surface area contributed by atoms with Crippen molar-refractivity contribution in [2.24, 2.45) is 7.05 Å². The minimum Gasteiger partial charge on any atom is -0.376 e. The number of para-hydroxylation sites is 1. The van der Waals surface area contributed by atoms with Crippen LogP contribution in [-0.4, -0.2) is 57.4 Å². The molecule has 1 aliphatic heterocycles. The summed E-state index contributed by atoms with van der Waals surface area (Å²) in [5.74, 6) is 0.857. The number of aryl methyl sites for hydroxylation is 1. The van der Waals surface area contributed by atoms with E-state index in [1.165, 1.54) is 10.9 Å². The number of methoxy groups -OCH3 is 1. The lowest BCUT2D eigenvalue weighted by molar-refractivity contribution is 0.0665. The number of carbonyl (C=O) groups is 1. The fourth-order valence-electron chi connectivity index (χ4n) is 5.33. The molecule has 34 heavy (non-hydrogen) atoms. The van der Waals surface area contributed by atoms with E-state index >= 15 is 0 Å². The van der Waals surface area contributed by atoms with Crippen molar-refractivity contribution < 1.29 is 13.9 Å². The Bertz CT molecular complexity index is 1420. The maximum atomic E-state index is 13.0. The van der Waals surface area contributed by atoms with Gasteiger partial charge in [-0.15, -0.1) is 0 Å². The van der Waals surface area contributed by atoms with Crippen molar-refractivity contribution in [1.29, 1.82) is 0 Å². The minimum atomic E-state index is -0.405. The van der Waals surface area contributed by atoms with E-state index in [1.54, 1.807) is 12.0 Å². The Kier molecular flexibility index (Phi) is 4.99. The zero-order valence-electron chi connectivity index (χ0n) is 19.7. The number of ether oxygens (including phenoxy) is 1. The number of imidazole rings is 1. The van der Waals surface area contributed by atoms with Crippen molar-refractivity contribution >= 4 is 27.8 Å². The molecule has 6 rings (SSSR count). The molecule has 2 aromatic heterocycles. The zero-order chi connectivity index (χ0) is 23.4. The molecule has 176 valence electrons. The molecule has 0 radical (unpaired) electrons. The Labute approximate surface area is 197 Å². The number of halogens is 1. The summed E-state index contributed by atoms with van der Waals surface area (Å²) in [6.45, 7) is 1.47. The predicted octanol–water partition coefficient (Wildman–Crippen LogP) is 4.73. The molecule has 3 heterocycles. The molecule has 2 aromatic carbocycles. The average molecular weight is 461 g/mol. The third kappa shape index (κ3) is 3.33. The molecule has 0 N–H and O–H groups in total. The Morgan fingerprint density at radius 3 is 2.74 bits per heavy atom. The molecule has 0 unspecified atom stereocenters. The van der Waals surface area contributed by atoms with Gasteiger partial charge in [0.15, 0.2) is 5.82 Å². The van der Waals surface area contributed by atoms with E-state index in [0.29, 0.717) is 25.1 Å². The first-order valence-corrected chi connectivity index (χ1v) is 12.0. The van der Waals surface area contributed by atoms with Crippen LogP contribution in [0.2, 0.25) is 0 Å². The second kappa shape index (κ2) is 7.94. The van der Waals surface area contributed by atoms with Crippen LogP contribution in [0, 0.1) is 0 Å². The Morgan fingerprint density at radius 2 is 1.97 bits per heavy atom. The van der Waals surface area contributed by atoms with Crippen LogP contribution in [0.3, 0.4) is 0 Å². The molecule has 1 aliphatic carbocycles. The van der Waals surface area contributed by atoms with E-state index in [2.05, 4.69) is 45.5 Å². The summed E-state index contributed by atoms with van der Waals surface area (Å²) in [4.78, 5) is 19.8. The van der Waals surface area contributed by atoms with Crippen LogP contribution in [0.25, 0.3) is 33.5 Å². The van der Waals surface area contributed by atoms with Crippen LogP contribution in [0.4, 0.5) is 4.39 Å². The van der Waals surface area contributed by atoms with Gasteiger partial charge in [-0.25, -0.2) is 4.98 Å². The fourth-order valence-corrected chi connectivity index (χ4v) is 5.33. The van der Waals surface area contributed by atoms with Crippen LogP contribution >= 0.6 is 0 Å². The molecule has 1 saturated carbocycles. The SMILES string of the molecule is COC1(Cn2c(-c3nc4cc5c(cc4n3C)CCN(CCCF)C5=O)cc3ccccc32)CC1. The maximum absolute atomic E-state index is 13.0. The first-order chi connectivity index (χ1) is 16.5. The summed E-state index contributed by atoms with van der Waals surface area (Å²) in [6.07, 6.45) is 3.28. The quantitative estimate of drug-likeness (QED) is 0.401. The van der Waals surface area contributed by atoms with Gasteiger partial charge in [0, 0.05) is 43.7 Å². The minimum absolute atomic E-state index is 0.0197. The van der Waals surface area contributed by atoms with E-state index in [4.69, 9.17) is 9.72 Å². The standard InChI is InChI=1S/C27H29FN4O2/c1-30-23-14-18-8-13-31(12-5-11-28)26(33)20(18)16-21(23)29-25(30)24-15-19-6-3-4-7-22(19)32(24)17-27(34-2)9-10-27/h3-4,6-7,14-16H,5,8-13,17H2,1-2H3. The highest BCUT2D eigenvalue weighted by atomic mass is 19.1. The first-order valence-electron chi connectivity index (χ1n) is 12.0. The molecule has 0 spiro atoms. The summed E-state index contributed by atoms with van der Waals surface area (Å²) in [7, 11) is 3.84. The van der Waals surface area contributed by atoms with Gasteiger partial charge in [-0.1, -0.05) is 18.2 Å². The van der Waals surface area contributed by atoms with Crippen LogP contribution in [0.1, 0.15) is 35.2 Å². The zero-order valence-corrected chi connectivity index (χ0v) is 19.7. The van der Waals surface area contributed by atoms with Crippen molar-refractivity contribution in [3.05, 3.63) is 53.6 Å². The molecule has 1 amide bonds. The number of rotatable bonds is 7. The van der Waals surface area contributed by atoms with Gasteiger partial charge < -0.3 is 18.8 Å². The molecule has 0 saturated heterocycles. The Balaban J connectivity index is 1.47. The molecule has 2 aliphatic rings. The van der Waals surface area contributed by atoms with E-state index in [9.17, 15) is 9.18 Å². The van der Waals surface area contributed by atoms with Gasteiger partial charge in [0.2, 0.25) is 0 Å². The number of fused-ring (bicyclic) bond motifs is 3. The number of carbonyl (C=O) groups excluding carboxylic acids is 1. The van der Waals surface area contributed by atoms with Crippen LogP contribution < -0.4 is 0 Å². The van der Waals surface area contributed by atoms with Gasteiger partial charge in [0.05, 0.1) is 35.5 Å². The van der Waals surface area contributed by atoms with Crippen molar-refractivity contribution in [1.82, 2.24) is 19.0 Å². The van der Waals surface area contributed by atoms with Gasteiger partial charge in [-0.05, 0) is 55.5 Å². The lowest BCUT2D eigenvalue weighted by Gasteiger charge is -2.28. The third-order valence-corrected chi connectivity index (χ3v) is 7.56. The monoisotopic (exact) mass is 460 g/mol. The van der Waals surface area contributed by atoms with Crippen molar-refractivity contribution in [2.75, 3.05) is 26.9 Å². The van der Waals surface area contributed by atoms with Gasteiger partial charge in [0.1, 0.15) is 0 Å². The Hall–Kier alpha value is -3.19. The summed E-state index contributed by atoms with van der Waals surface area (Å²) in [5, 5.41) is 1.18. The average Bonchev–Trinajstić information content (AvgIpc) is 3.45. The molecule has 6 nitrogen and oxygen atoms in total. The molecular weight excluding hydrogens is 431 g/mol. The molecule has 0 bridgehead atoms. The van der Waals surface area contributed by atoms with Crippen LogP contribution in [0.15, 0.2) is 42.5 Å².